The fourth-order valence-electron chi connectivity index (χ4n) is 1.97. The SMILES string of the molecule is NCCc1nnc(COc2ccc3ccccc3c2)o1. The summed E-state index contributed by atoms with van der Waals surface area (Å²) in [5.41, 5.74) is 5.43. The van der Waals surface area contributed by atoms with Crippen molar-refractivity contribution >= 4 is 10.8 Å². The largest absolute Gasteiger partial charge is 0.484 e. The van der Waals surface area contributed by atoms with Crippen LogP contribution in [0.5, 0.6) is 5.75 Å². The van der Waals surface area contributed by atoms with Gasteiger partial charge in [0.25, 0.3) is 5.89 Å². The normalized spacial score (nSPS) is 10.8. The maximum absolute atomic E-state index is 5.66. The molecule has 3 rings (SSSR count). The van der Waals surface area contributed by atoms with Crippen molar-refractivity contribution in [2.24, 2.45) is 5.73 Å². The minimum absolute atomic E-state index is 0.260. The summed E-state index contributed by atoms with van der Waals surface area (Å²) >= 11 is 0. The Morgan fingerprint density at radius 2 is 1.80 bits per heavy atom. The predicted molar refractivity (Wildman–Crippen MR) is 75.3 cm³/mol. The van der Waals surface area contributed by atoms with E-state index in [-0.39, 0.29) is 6.61 Å². The number of hydrogen-bond donors (Lipinski definition) is 1. The van der Waals surface area contributed by atoms with Gasteiger partial charge in [0, 0.05) is 13.0 Å². The topological polar surface area (TPSA) is 74.2 Å². The first-order chi connectivity index (χ1) is 9.85. The zero-order chi connectivity index (χ0) is 13.8. The molecule has 2 aromatic carbocycles. The van der Waals surface area contributed by atoms with Gasteiger partial charge in [0.15, 0.2) is 6.61 Å². The highest BCUT2D eigenvalue weighted by Gasteiger charge is 2.06. The second-order valence-electron chi connectivity index (χ2n) is 4.43. The maximum atomic E-state index is 5.66. The molecule has 0 aliphatic heterocycles. The quantitative estimate of drug-likeness (QED) is 0.769. The van der Waals surface area contributed by atoms with Crippen molar-refractivity contribution in [2.45, 2.75) is 13.0 Å². The molecule has 0 unspecified atom stereocenters. The lowest BCUT2D eigenvalue weighted by atomic mass is 10.1. The summed E-state index contributed by atoms with van der Waals surface area (Å²) in [5, 5.41) is 10.1. The summed E-state index contributed by atoms with van der Waals surface area (Å²) in [4.78, 5) is 0. The molecule has 5 heteroatoms. The number of ether oxygens (including phenoxy) is 1. The molecule has 0 spiro atoms. The number of hydrogen-bond acceptors (Lipinski definition) is 5. The molecule has 0 fully saturated rings. The van der Waals surface area contributed by atoms with Crippen LogP contribution >= 0.6 is 0 Å². The van der Waals surface area contributed by atoms with E-state index < -0.39 is 0 Å². The zero-order valence-electron chi connectivity index (χ0n) is 11.0. The van der Waals surface area contributed by atoms with Crippen molar-refractivity contribution in [2.75, 3.05) is 6.54 Å². The number of nitrogens with zero attached hydrogens (tertiary/aromatic N) is 2. The summed E-state index contributed by atoms with van der Waals surface area (Å²) in [6.45, 7) is 0.753. The van der Waals surface area contributed by atoms with Gasteiger partial charge in [-0.2, -0.15) is 0 Å². The van der Waals surface area contributed by atoms with E-state index in [1.165, 1.54) is 5.39 Å². The van der Waals surface area contributed by atoms with Crippen LogP contribution in [0.25, 0.3) is 10.8 Å². The molecule has 5 nitrogen and oxygen atoms in total. The first kappa shape index (κ1) is 12.6. The molecule has 3 aromatic rings. The minimum atomic E-state index is 0.260. The van der Waals surface area contributed by atoms with Crippen molar-refractivity contribution < 1.29 is 9.15 Å². The molecular weight excluding hydrogens is 254 g/mol. The Hall–Kier alpha value is -2.40. The molecular formula is C15H15N3O2. The molecule has 1 aromatic heterocycles. The van der Waals surface area contributed by atoms with Gasteiger partial charge >= 0.3 is 0 Å². The Morgan fingerprint density at radius 1 is 1.00 bits per heavy atom. The van der Waals surface area contributed by atoms with E-state index in [4.69, 9.17) is 14.9 Å². The van der Waals surface area contributed by atoms with Crippen molar-refractivity contribution in [3.63, 3.8) is 0 Å². The van der Waals surface area contributed by atoms with Gasteiger partial charge in [-0.25, -0.2) is 0 Å². The monoisotopic (exact) mass is 269 g/mol. The van der Waals surface area contributed by atoms with Crippen molar-refractivity contribution in [1.82, 2.24) is 10.2 Å². The van der Waals surface area contributed by atoms with E-state index in [0.29, 0.717) is 24.7 Å². The fourth-order valence-corrected chi connectivity index (χ4v) is 1.97. The third-order valence-corrected chi connectivity index (χ3v) is 2.95. The maximum Gasteiger partial charge on any atom is 0.253 e. The van der Waals surface area contributed by atoms with E-state index in [9.17, 15) is 0 Å². The summed E-state index contributed by atoms with van der Waals surface area (Å²) in [6.07, 6.45) is 0.586. The molecule has 1 heterocycles. The highest BCUT2D eigenvalue weighted by atomic mass is 16.5. The van der Waals surface area contributed by atoms with Gasteiger partial charge < -0.3 is 14.9 Å². The highest BCUT2D eigenvalue weighted by Crippen LogP contribution is 2.21. The van der Waals surface area contributed by atoms with Gasteiger partial charge in [-0.3, -0.25) is 0 Å². The number of nitrogens with two attached hydrogens (primary N) is 1. The van der Waals surface area contributed by atoms with Crippen LogP contribution in [0.2, 0.25) is 0 Å². The second kappa shape index (κ2) is 5.71. The lowest BCUT2D eigenvalue weighted by molar-refractivity contribution is 0.259. The van der Waals surface area contributed by atoms with Crippen molar-refractivity contribution in [1.29, 1.82) is 0 Å². The van der Waals surface area contributed by atoms with Crippen LogP contribution in [0.3, 0.4) is 0 Å². The van der Waals surface area contributed by atoms with Crippen LogP contribution < -0.4 is 10.5 Å². The van der Waals surface area contributed by atoms with Crippen LogP contribution in [-0.4, -0.2) is 16.7 Å². The van der Waals surface area contributed by atoms with Gasteiger partial charge in [-0.05, 0) is 22.9 Å². The predicted octanol–water partition coefficient (Wildman–Crippen LogP) is 2.30. The number of benzene rings is 2. The number of rotatable bonds is 5. The van der Waals surface area contributed by atoms with E-state index in [1.807, 2.05) is 36.4 Å². The lowest BCUT2D eigenvalue weighted by Crippen LogP contribution is -2.02. The Kier molecular flexibility index (Phi) is 3.60. The molecule has 0 aliphatic rings. The fraction of sp³-hybridized carbons (Fsp3) is 0.200. The molecule has 0 saturated heterocycles. The van der Waals surface area contributed by atoms with Crippen molar-refractivity contribution in [3.05, 3.63) is 54.2 Å². The first-order valence-corrected chi connectivity index (χ1v) is 6.48. The second-order valence-corrected chi connectivity index (χ2v) is 4.43. The molecule has 0 saturated carbocycles. The number of fused-ring (bicyclic) bond motifs is 1. The molecule has 0 aliphatic carbocycles. The van der Waals surface area contributed by atoms with Crippen LogP contribution in [0.4, 0.5) is 0 Å². The number of aromatic nitrogens is 2. The standard InChI is InChI=1S/C15H15N3O2/c16-8-7-14-17-18-15(20-14)10-19-13-6-5-11-3-1-2-4-12(11)9-13/h1-6,9H,7-8,10,16H2. The Morgan fingerprint density at radius 3 is 2.65 bits per heavy atom. The summed E-state index contributed by atoms with van der Waals surface area (Å²) in [6, 6.07) is 14.1. The molecule has 2 N–H and O–H groups in total. The molecule has 0 atom stereocenters. The van der Waals surface area contributed by atoms with E-state index >= 15 is 0 Å². The Balaban J connectivity index is 1.69. The van der Waals surface area contributed by atoms with Gasteiger partial charge in [0.05, 0.1) is 0 Å². The highest BCUT2D eigenvalue weighted by molar-refractivity contribution is 5.83. The van der Waals surface area contributed by atoms with E-state index in [2.05, 4.69) is 16.3 Å². The molecule has 0 radical (unpaired) electrons. The first-order valence-electron chi connectivity index (χ1n) is 6.48. The van der Waals surface area contributed by atoms with Crippen LogP contribution in [0.15, 0.2) is 46.9 Å². The zero-order valence-corrected chi connectivity index (χ0v) is 11.0. The molecule has 102 valence electrons. The smallest absolute Gasteiger partial charge is 0.253 e. The lowest BCUT2D eigenvalue weighted by Gasteiger charge is -2.04. The summed E-state index contributed by atoms with van der Waals surface area (Å²) in [5.74, 6) is 1.79. The van der Waals surface area contributed by atoms with Crippen LogP contribution in [0, 0.1) is 0 Å². The van der Waals surface area contributed by atoms with E-state index in [1.54, 1.807) is 0 Å². The third kappa shape index (κ3) is 2.78. The molecule has 0 bridgehead atoms. The van der Waals surface area contributed by atoms with E-state index in [0.717, 1.165) is 11.1 Å². The van der Waals surface area contributed by atoms with Crippen molar-refractivity contribution in [3.8, 4) is 5.75 Å². The van der Waals surface area contributed by atoms with Gasteiger partial charge in [0.1, 0.15) is 5.75 Å². The Bertz CT molecular complexity index is 709. The van der Waals surface area contributed by atoms with Crippen LogP contribution in [-0.2, 0) is 13.0 Å². The molecule has 20 heavy (non-hydrogen) atoms. The third-order valence-electron chi connectivity index (χ3n) is 2.95. The Labute approximate surface area is 116 Å². The summed E-state index contributed by atoms with van der Waals surface area (Å²) in [7, 11) is 0. The summed E-state index contributed by atoms with van der Waals surface area (Å²) < 4.78 is 11.1. The van der Waals surface area contributed by atoms with Crippen LogP contribution in [0.1, 0.15) is 11.8 Å². The van der Waals surface area contributed by atoms with Gasteiger partial charge in [0.2, 0.25) is 5.89 Å². The molecule has 0 amide bonds. The average Bonchev–Trinajstić information content (AvgIpc) is 2.93. The van der Waals surface area contributed by atoms with Gasteiger partial charge in [-0.15, -0.1) is 10.2 Å². The van der Waals surface area contributed by atoms with Gasteiger partial charge in [-0.1, -0.05) is 30.3 Å². The average molecular weight is 269 g/mol. The minimum Gasteiger partial charge on any atom is -0.484 e.